The summed E-state index contributed by atoms with van der Waals surface area (Å²) in [6.07, 6.45) is 0. The summed E-state index contributed by atoms with van der Waals surface area (Å²) in [5.41, 5.74) is 1.09. The van der Waals surface area contributed by atoms with Gasteiger partial charge in [0.25, 0.3) is 0 Å². The molecule has 3 aromatic rings. The molecule has 0 atom stereocenters. The number of aromatic nitrogens is 2. The van der Waals surface area contributed by atoms with E-state index in [2.05, 4.69) is 25.9 Å². The van der Waals surface area contributed by atoms with Crippen LogP contribution in [0, 0.1) is 5.82 Å². The highest BCUT2D eigenvalue weighted by atomic mass is 79.9. The molecule has 3 nitrogen and oxygen atoms in total. The predicted octanol–water partition coefficient (Wildman–Crippen LogP) is 5.61. The lowest BCUT2D eigenvalue weighted by Crippen LogP contribution is -1.94. The average molecular weight is 388 g/mol. The quantitative estimate of drug-likeness (QED) is 0.536. The Morgan fingerprint density at radius 2 is 1.57 bits per heavy atom. The molecule has 0 unspecified atom stereocenters. The van der Waals surface area contributed by atoms with Crippen molar-refractivity contribution < 1.29 is 8.81 Å². The Morgan fingerprint density at radius 3 is 2.10 bits per heavy atom. The maximum absolute atomic E-state index is 13.0. The van der Waals surface area contributed by atoms with E-state index in [4.69, 9.17) is 27.6 Å². The molecule has 0 aliphatic rings. The second kappa shape index (κ2) is 5.75. The predicted molar refractivity (Wildman–Crippen MR) is 82.8 cm³/mol. The van der Waals surface area contributed by atoms with Gasteiger partial charge in [-0.25, -0.2) is 14.4 Å². The maximum atomic E-state index is 13.0. The number of rotatable bonds is 2. The third kappa shape index (κ3) is 2.95. The van der Waals surface area contributed by atoms with Crippen molar-refractivity contribution in [3.63, 3.8) is 0 Å². The molecule has 0 aliphatic heterocycles. The highest BCUT2D eigenvalue weighted by molar-refractivity contribution is 9.10. The first-order valence-corrected chi connectivity index (χ1v) is 7.34. The van der Waals surface area contributed by atoms with Crippen molar-refractivity contribution in [2.45, 2.75) is 0 Å². The van der Waals surface area contributed by atoms with Crippen LogP contribution in [0.2, 0.25) is 10.3 Å². The van der Waals surface area contributed by atoms with Gasteiger partial charge in [0, 0.05) is 0 Å². The highest BCUT2D eigenvalue weighted by Crippen LogP contribution is 2.34. The van der Waals surface area contributed by atoms with Gasteiger partial charge in [0.05, 0.1) is 5.56 Å². The third-order valence-electron chi connectivity index (χ3n) is 2.75. The topological polar surface area (TPSA) is 38.9 Å². The lowest BCUT2D eigenvalue weighted by atomic mass is 10.1. The standard InChI is InChI=1S/C14H6BrCl2FN2O/c15-10-6-5-9(21-10)14-19-12(16)11(13(17)20-14)7-1-3-8(18)4-2-7/h1-6H. The molecule has 0 fully saturated rings. The normalized spacial score (nSPS) is 10.9. The molecule has 1 aromatic carbocycles. The molecule has 7 heteroatoms. The number of halogens is 4. The van der Waals surface area contributed by atoms with Gasteiger partial charge >= 0.3 is 0 Å². The van der Waals surface area contributed by atoms with Crippen LogP contribution in [-0.4, -0.2) is 9.97 Å². The molecular formula is C14H6BrCl2FN2O. The van der Waals surface area contributed by atoms with Crippen molar-refractivity contribution in [2.24, 2.45) is 0 Å². The summed E-state index contributed by atoms with van der Waals surface area (Å²) < 4.78 is 18.9. The number of nitrogens with zero attached hydrogens (tertiary/aromatic N) is 2. The number of hydrogen-bond acceptors (Lipinski definition) is 3. The van der Waals surface area contributed by atoms with Gasteiger partial charge in [0.1, 0.15) is 16.1 Å². The summed E-state index contributed by atoms with van der Waals surface area (Å²) in [6, 6.07) is 9.18. The van der Waals surface area contributed by atoms with Gasteiger partial charge < -0.3 is 4.42 Å². The molecule has 3 rings (SSSR count). The van der Waals surface area contributed by atoms with Gasteiger partial charge in [-0.1, -0.05) is 35.3 Å². The zero-order valence-electron chi connectivity index (χ0n) is 10.3. The summed E-state index contributed by atoms with van der Waals surface area (Å²) in [4.78, 5) is 8.36. The number of hydrogen-bond donors (Lipinski definition) is 0. The minimum atomic E-state index is -0.344. The van der Waals surface area contributed by atoms with Crippen molar-refractivity contribution in [3.8, 4) is 22.7 Å². The van der Waals surface area contributed by atoms with Gasteiger partial charge in [0.15, 0.2) is 16.3 Å². The van der Waals surface area contributed by atoms with Crippen LogP contribution in [0.1, 0.15) is 0 Å². The maximum Gasteiger partial charge on any atom is 0.198 e. The van der Waals surface area contributed by atoms with Crippen LogP contribution in [0.3, 0.4) is 0 Å². The fraction of sp³-hybridized carbons (Fsp3) is 0. The molecule has 106 valence electrons. The SMILES string of the molecule is Fc1ccc(-c2c(Cl)nc(-c3ccc(Br)o3)nc2Cl)cc1. The fourth-order valence-corrected chi connectivity index (χ4v) is 2.72. The summed E-state index contributed by atoms with van der Waals surface area (Å²) in [6.45, 7) is 0. The minimum absolute atomic E-state index is 0.170. The average Bonchev–Trinajstić information content (AvgIpc) is 2.87. The molecule has 2 aromatic heterocycles. The second-order valence-corrected chi connectivity index (χ2v) is 5.61. The van der Waals surface area contributed by atoms with Crippen molar-refractivity contribution >= 4 is 39.1 Å². The van der Waals surface area contributed by atoms with E-state index in [0.717, 1.165) is 0 Å². The number of benzene rings is 1. The van der Waals surface area contributed by atoms with Gasteiger partial charge in [0.2, 0.25) is 0 Å². The molecule has 21 heavy (non-hydrogen) atoms. The summed E-state index contributed by atoms with van der Waals surface area (Å²) in [5.74, 6) is 0.377. The van der Waals surface area contributed by atoms with E-state index >= 15 is 0 Å². The lowest BCUT2D eigenvalue weighted by Gasteiger charge is -2.07. The van der Waals surface area contributed by atoms with E-state index < -0.39 is 0 Å². The first-order chi connectivity index (χ1) is 10.0. The van der Waals surface area contributed by atoms with E-state index in [1.165, 1.54) is 12.1 Å². The smallest absolute Gasteiger partial charge is 0.198 e. The molecule has 0 radical (unpaired) electrons. The fourth-order valence-electron chi connectivity index (χ4n) is 1.81. The largest absolute Gasteiger partial charge is 0.446 e. The Balaban J connectivity index is 2.10. The first kappa shape index (κ1) is 14.5. The van der Waals surface area contributed by atoms with Gasteiger partial charge in [-0.15, -0.1) is 0 Å². The summed E-state index contributed by atoms with van der Waals surface area (Å²) in [5, 5.41) is 0.341. The molecule has 0 saturated heterocycles. The van der Waals surface area contributed by atoms with Crippen molar-refractivity contribution in [1.82, 2.24) is 9.97 Å². The van der Waals surface area contributed by atoms with Crippen LogP contribution in [0.25, 0.3) is 22.7 Å². The molecular weight excluding hydrogens is 382 g/mol. The highest BCUT2D eigenvalue weighted by Gasteiger charge is 2.16. The van der Waals surface area contributed by atoms with Crippen LogP contribution >= 0.6 is 39.1 Å². The molecule has 0 aliphatic carbocycles. The minimum Gasteiger partial charge on any atom is -0.446 e. The van der Waals surface area contributed by atoms with Crippen LogP contribution in [-0.2, 0) is 0 Å². The molecule has 0 amide bonds. The van der Waals surface area contributed by atoms with Gasteiger partial charge in [-0.05, 0) is 45.8 Å². The van der Waals surface area contributed by atoms with E-state index in [9.17, 15) is 4.39 Å². The zero-order valence-corrected chi connectivity index (χ0v) is 13.4. The van der Waals surface area contributed by atoms with Gasteiger partial charge in [-0.2, -0.15) is 0 Å². The Morgan fingerprint density at radius 1 is 0.952 bits per heavy atom. The van der Waals surface area contributed by atoms with E-state index in [-0.39, 0.29) is 21.9 Å². The lowest BCUT2D eigenvalue weighted by molar-refractivity contribution is 0.551. The van der Waals surface area contributed by atoms with Crippen LogP contribution in [0.4, 0.5) is 4.39 Å². The van der Waals surface area contributed by atoms with E-state index in [0.29, 0.717) is 21.6 Å². The molecule has 0 saturated carbocycles. The first-order valence-electron chi connectivity index (χ1n) is 5.79. The van der Waals surface area contributed by atoms with Gasteiger partial charge in [-0.3, -0.25) is 0 Å². The van der Waals surface area contributed by atoms with E-state index in [1.54, 1.807) is 24.3 Å². The molecule has 0 spiro atoms. The molecule has 2 heterocycles. The Labute approximate surface area is 137 Å². The van der Waals surface area contributed by atoms with Crippen molar-refractivity contribution in [2.75, 3.05) is 0 Å². The van der Waals surface area contributed by atoms with Crippen LogP contribution in [0.15, 0.2) is 45.5 Å². The molecule has 0 N–H and O–H groups in total. The number of furan rings is 1. The summed E-state index contributed by atoms with van der Waals surface area (Å²) >= 11 is 15.6. The third-order valence-corrected chi connectivity index (χ3v) is 3.72. The van der Waals surface area contributed by atoms with Crippen molar-refractivity contribution in [3.05, 3.63) is 57.2 Å². The Hall–Kier alpha value is -1.43. The van der Waals surface area contributed by atoms with Crippen molar-refractivity contribution in [1.29, 1.82) is 0 Å². The van der Waals surface area contributed by atoms with Crippen LogP contribution in [0.5, 0.6) is 0 Å². The second-order valence-electron chi connectivity index (χ2n) is 4.11. The Bertz CT molecular complexity index is 782. The zero-order chi connectivity index (χ0) is 15.0. The summed E-state index contributed by atoms with van der Waals surface area (Å²) in [7, 11) is 0. The Kier molecular flexibility index (Phi) is 3.97. The van der Waals surface area contributed by atoms with E-state index in [1.807, 2.05) is 0 Å². The molecule has 0 bridgehead atoms. The monoisotopic (exact) mass is 386 g/mol. The van der Waals surface area contributed by atoms with Crippen LogP contribution < -0.4 is 0 Å².